The van der Waals surface area contributed by atoms with E-state index in [0.717, 1.165) is 11.8 Å². The van der Waals surface area contributed by atoms with Gasteiger partial charge in [0.25, 0.3) is 5.56 Å². The minimum absolute atomic E-state index is 0.111. The van der Waals surface area contributed by atoms with Crippen molar-refractivity contribution in [3.05, 3.63) is 22.6 Å². The highest BCUT2D eigenvalue weighted by Crippen LogP contribution is 2.18. The Morgan fingerprint density at radius 2 is 2.33 bits per heavy atom. The van der Waals surface area contributed by atoms with Crippen molar-refractivity contribution in [3.63, 3.8) is 0 Å². The molecule has 1 N–H and O–H groups in total. The SMILES string of the molecule is CC(CS(C)=O)n1ccc(=O)nc1SCC(=O)O. The summed E-state index contributed by atoms with van der Waals surface area (Å²) in [6.07, 6.45) is 3.15. The van der Waals surface area contributed by atoms with Crippen LogP contribution in [0.3, 0.4) is 0 Å². The van der Waals surface area contributed by atoms with E-state index < -0.39 is 22.3 Å². The van der Waals surface area contributed by atoms with Gasteiger partial charge >= 0.3 is 5.97 Å². The Balaban J connectivity index is 2.98. The summed E-state index contributed by atoms with van der Waals surface area (Å²) in [4.78, 5) is 25.5. The van der Waals surface area contributed by atoms with Crippen molar-refractivity contribution in [2.24, 2.45) is 0 Å². The van der Waals surface area contributed by atoms with Crippen LogP contribution in [0.1, 0.15) is 13.0 Å². The van der Waals surface area contributed by atoms with Crippen molar-refractivity contribution in [2.45, 2.75) is 18.1 Å². The van der Waals surface area contributed by atoms with E-state index in [1.54, 1.807) is 17.0 Å². The lowest BCUT2D eigenvalue weighted by Crippen LogP contribution is -2.20. The number of carbonyl (C=O) groups is 1. The van der Waals surface area contributed by atoms with Crippen molar-refractivity contribution < 1.29 is 14.1 Å². The van der Waals surface area contributed by atoms with Crippen LogP contribution in [0.25, 0.3) is 0 Å². The Kier molecular flexibility index (Phi) is 5.54. The standard InChI is InChI=1S/C10H14N2O4S2/c1-7(6-18(2)16)12-4-3-8(13)11-10(12)17-5-9(14)15/h3-4,7H,5-6H2,1-2H3,(H,14,15). The zero-order chi connectivity index (χ0) is 13.7. The minimum Gasteiger partial charge on any atom is -0.481 e. The first kappa shape index (κ1) is 14.9. The quantitative estimate of drug-likeness (QED) is 0.601. The van der Waals surface area contributed by atoms with E-state index in [1.165, 1.54) is 6.07 Å². The number of carboxylic acid groups (broad SMARTS) is 1. The highest BCUT2D eigenvalue weighted by atomic mass is 32.2. The molecule has 100 valence electrons. The van der Waals surface area contributed by atoms with Crippen LogP contribution in [0.5, 0.6) is 0 Å². The van der Waals surface area contributed by atoms with E-state index in [4.69, 9.17) is 5.11 Å². The molecule has 0 aliphatic heterocycles. The number of nitrogens with zero attached hydrogens (tertiary/aromatic N) is 2. The Morgan fingerprint density at radius 3 is 2.89 bits per heavy atom. The summed E-state index contributed by atoms with van der Waals surface area (Å²) < 4.78 is 12.9. The molecule has 6 nitrogen and oxygen atoms in total. The van der Waals surface area contributed by atoms with Gasteiger partial charge in [0, 0.05) is 41.1 Å². The topological polar surface area (TPSA) is 89.3 Å². The third-order valence-corrected chi connectivity index (χ3v) is 3.98. The third kappa shape index (κ3) is 4.61. The first-order valence-corrected chi connectivity index (χ1v) is 7.85. The highest BCUT2D eigenvalue weighted by molar-refractivity contribution is 7.99. The largest absolute Gasteiger partial charge is 0.481 e. The minimum atomic E-state index is -0.976. The second kappa shape index (κ2) is 6.69. The number of carboxylic acids is 1. The molecule has 0 amide bonds. The summed E-state index contributed by atoms with van der Waals surface area (Å²) >= 11 is 0.978. The Morgan fingerprint density at radius 1 is 1.67 bits per heavy atom. The first-order chi connectivity index (χ1) is 8.40. The molecule has 18 heavy (non-hydrogen) atoms. The number of aliphatic carboxylic acids is 1. The molecule has 0 radical (unpaired) electrons. The highest BCUT2D eigenvalue weighted by Gasteiger charge is 2.13. The smallest absolute Gasteiger partial charge is 0.313 e. The molecule has 0 spiro atoms. The van der Waals surface area contributed by atoms with E-state index in [1.807, 2.05) is 6.92 Å². The molecule has 1 aromatic heterocycles. The molecule has 2 atom stereocenters. The monoisotopic (exact) mass is 290 g/mol. The Bertz CT molecular complexity index is 515. The molecule has 0 saturated heterocycles. The van der Waals surface area contributed by atoms with Gasteiger partial charge in [-0.3, -0.25) is 13.8 Å². The normalized spacial score (nSPS) is 14.1. The molecule has 1 heterocycles. The maximum absolute atomic E-state index is 11.2. The van der Waals surface area contributed by atoms with Gasteiger partial charge in [0.2, 0.25) is 0 Å². The van der Waals surface area contributed by atoms with Gasteiger partial charge in [0.05, 0.1) is 5.75 Å². The Labute approximate surface area is 111 Å². The third-order valence-electron chi connectivity index (χ3n) is 2.08. The summed E-state index contributed by atoms with van der Waals surface area (Å²) in [6.45, 7) is 1.85. The molecule has 0 aliphatic carbocycles. The molecule has 0 aliphatic rings. The molecule has 1 rings (SSSR count). The van der Waals surface area contributed by atoms with E-state index in [-0.39, 0.29) is 11.8 Å². The van der Waals surface area contributed by atoms with Crippen molar-refractivity contribution in [1.29, 1.82) is 0 Å². The second-order valence-corrected chi connectivity index (χ2v) is 6.15. The summed E-state index contributed by atoms with van der Waals surface area (Å²) in [6, 6.07) is 1.19. The van der Waals surface area contributed by atoms with Gasteiger partial charge in [-0.15, -0.1) is 0 Å². The molecule has 8 heteroatoms. The molecule has 2 unspecified atom stereocenters. The lowest BCUT2D eigenvalue weighted by Gasteiger charge is -2.17. The summed E-state index contributed by atoms with van der Waals surface area (Å²) in [5.41, 5.74) is -0.413. The molecule has 0 aromatic carbocycles. The molecule has 0 fully saturated rings. The van der Waals surface area contributed by atoms with Crippen LogP contribution in [-0.2, 0) is 15.6 Å². The molecule has 0 bridgehead atoms. The van der Waals surface area contributed by atoms with E-state index >= 15 is 0 Å². The predicted molar refractivity (Wildman–Crippen MR) is 70.5 cm³/mol. The van der Waals surface area contributed by atoms with E-state index in [0.29, 0.717) is 10.9 Å². The fourth-order valence-corrected chi connectivity index (χ4v) is 3.02. The lowest BCUT2D eigenvalue weighted by molar-refractivity contribution is -0.133. The van der Waals surface area contributed by atoms with Crippen LogP contribution >= 0.6 is 11.8 Å². The fourth-order valence-electron chi connectivity index (χ4n) is 1.39. The van der Waals surface area contributed by atoms with Crippen molar-refractivity contribution in [1.82, 2.24) is 9.55 Å². The molecule has 1 aromatic rings. The lowest BCUT2D eigenvalue weighted by atomic mass is 10.4. The summed E-state index contributed by atoms with van der Waals surface area (Å²) in [5.74, 6) is -0.722. The molecule has 0 saturated carbocycles. The predicted octanol–water partition coefficient (Wildman–Crippen LogP) is 0.359. The molecular formula is C10H14N2O4S2. The number of hydrogen-bond donors (Lipinski definition) is 1. The zero-order valence-corrected chi connectivity index (χ0v) is 11.7. The second-order valence-electron chi connectivity index (χ2n) is 3.73. The Hall–Kier alpha value is -1.15. The van der Waals surface area contributed by atoms with Crippen LogP contribution in [0.4, 0.5) is 0 Å². The zero-order valence-electron chi connectivity index (χ0n) is 10.0. The fraction of sp³-hybridized carbons (Fsp3) is 0.500. The van der Waals surface area contributed by atoms with Gasteiger partial charge in [-0.25, -0.2) is 0 Å². The average molecular weight is 290 g/mol. The van der Waals surface area contributed by atoms with Crippen LogP contribution in [0, 0.1) is 0 Å². The van der Waals surface area contributed by atoms with Crippen molar-refractivity contribution in [2.75, 3.05) is 17.8 Å². The number of aromatic nitrogens is 2. The summed E-state index contributed by atoms with van der Waals surface area (Å²) in [7, 11) is -0.975. The van der Waals surface area contributed by atoms with Gasteiger partial charge in [-0.1, -0.05) is 11.8 Å². The van der Waals surface area contributed by atoms with Gasteiger partial charge in [-0.05, 0) is 6.92 Å². The van der Waals surface area contributed by atoms with Gasteiger partial charge in [0.1, 0.15) is 0 Å². The van der Waals surface area contributed by atoms with E-state index in [9.17, 15) is 13.8 Å². The summed E-state index contributed by atoms with van der Waals surface area (Å²) in [5, 5.41) is 8.97. The van der Waals surface area contributed by atoms with Gasteiger partial charge < -0.3 is 9.67 Å². The van der Waals surface area contributed by atoms with Crippen LogP contribution in [-0.4, -0.2) is 42.6 Å². The maximum atomic E-state index is 11.2. The van der Waals surface area contributed by atoms with Gasteiger partial charge in [-0.2, -0.15) is 4.98 Å². The molecular weight excluding hydrogens is 276 g/mol. The first-order valence-electron chi connectivity index (χ1n) is 5.14. The van der Waals surface area contributed by atoms with Crippen molar-refractivity contribution in [3.8, 4) is 0 Å². The maximum Gasteiger partial charge on any atom is 0.313 e. The number of hydrogen-bond acceptors (Lipinski definition) is 5. The average Bonchev–Trinajstić information content (AvgIpc) is 2.25. The van der Waals surface area contributed by atoms with Crippen LogP contribution in [0.2, 0.25) is 0 Å². The van der Waals surface area contributed by atoms with Crippen LogP contribution < -0.4 is 5.56 Å². The number of thioether (sulfide) groups is 1. The van der Waals surface area contributed by atoms with Crippen LogP contribution in [0.15, 0.2) is 22.2 Å². The van der Waals surface area contributed by atoms with Gasteiger partial charge in [0.15, 0.2) is 5.16 Å². The van der Waals surface area contributed by atoms with Crippen molar-refractivity contribution >= 4 is 28.5 Å². The van der Waals surface area contributed by atoms with E-state index in [2.05, 4.69) is 4.98 Å². The number of rotatable bonds is 6.